The predicted octanol–water partition coefficient (Wildman–Crippen LogP) is 2.47. The summed E-state index contributed by atoms with van der Waals surface area (Å²) in [6.45, 7) is 2.64. The summed E-state index contributed by atoms with van der Waals surface area (Å²) in [5.41, 5.74) is 0. The van der Waals surface area contributed by atoms with Crippen LogP contribution >= 0.6 is 0 Å². The van der Waals surface area contributed by atoms with Crippen LogP contribution in [0.5, 0.6) is 0 Å². The Labute approximate surface area is 125 Å². The first-order chi connectivity index (χ1) is 9.79. The Kier molecular flexibility index (Phi) is 5.00. The third-order valence-corrected chi connectivity index (χ3v) is 6.25. The van der Waals surface area contributed by atoms with Crippen molar-refractivity contribution in [1.82, 2.24) is 15.1 Å². The first-order valence-electron chi connectivity index (χ1n) is 8.93. The number of hydrogen-bond acceptors (Lipinski definition) is 3. The average molecular weight is 279 g/mol. The van der Waals surface area contributed by atoms with Gasteiger partial charge in [0.2, 0.25) is 0 Å². The molecule has 2 heterocycles. The molecule has 2 aliphatic heterocycles. The molecule has 2 bridgehead atoms. The fourth-order valence-corrected chi connectivity index (χ4v) is 4.87. The van der Waals surface area contributed by atoms with Gasteiger partial charge in [-0.05, 0) is 46.2 Å². The summed E-state index contributed by atoms with van der Waals surface area (Å²) in [4.78, 5) is 5.53. The number of fused-ring (bicyclic) bond motifs is 2. The van der Waals surface area contributed by atoms with E-state index in [-0.39, 0.29) is 0 Å². The molecular formula is C17H33N3. The molecule has 2 saturated heterocycles. The SMILES string of the molecule is CNC1CCCCCCC1N1CCC2CCC(C1)N2C. The maximum atomic E-state index is 3.64. The number of rotatable bonds is 2. The predicted molar refractivity (Wildman–Crippen MR) is 85.1 cm³/mol. The van der Waals surface area contributed by atoms with Gasteiger partial charge in [0.05, 0.1) is 0 Å². The summed E-state index contributed by atoms with van der Waals surface area (Å²) in [7, 11) is 4.54. The highest BCUT2D eigenvalue weighted by Gasteiger charge is 2.38. The molecule has 3 aliphatic rings. The smallest absolute Gasteiger partial charge is 0.0249 e. The first-order valence-corrected chi connectivity index (χ1v) is 8.93. The fourth-order valence-electron chi connectivity index (χ4n) is 4.87. The molecule has 0 radical (unpaired) electrons. The second-order valence-electron chi connectivity index (χ2n) is 7.29. The number of likely N-dealkylation sites (N-methyl/N-ethyl adjacent to an activating group) is 2. The molecule has 1 saturated carbocycles. The number of hydrogen-bond donors (Lipinski definition) is 1. The third-order valence-electron chi connectivity index (χ3n) is 6.25. The van der Waals surface area contributed by atoms with Gasteiger partial charge in [0.25, 0.3) is 0 Å². The number of likely N-dealkylation sites (tertiary alicyclic amines) is 1. The van der Waals surface area contributed by atoms with Gasteiger partial charge in [-0.25, -0.2) is 0 Å². The second-order valence-corrected chi connectivity index (χ2v) is 7.29. The minimum Gasteiger partial charge on any atom is -0.315 e. The van der Waals surface area contributed by atoms with Crippen LogP contribution in [0.1, 0.15) is 57.8 Å². The lowest BCUT2D eigenvalue weighted by molar-refractivity contribution is 0.123. The lowest BCUT2D eigenvalue weighted by Gasteiger charge is -2.39. The van der Waals surface area contributed by atoms with Gasteiger partial charge in [0, 0.05) is 37.3 Å². The van der Waals surface area contributed by atoms with Crippen LogP contribution in [0.15, 0.2) is 0 Å². The van der Waals surface area contributed by atoms with E-state index >= 15 is 0 Å². The van der Waals surface area contributed by atoms with Crippen molar-refractivity contribution in [1.29, 1.82) is 0 Å². The summed E-state index contributed by atoms with van der Waals surface area (Å²) < 4.78 is 0. The molecule has 4 unspecified atom stereocenters. The van der Waals surface area contributed by atoms with Crippen LogP contribution in [0.3, 0.4) is 0 Å². The molecule has 0 aromatic rings. The van der Waals surface area contributed by atoms with E-state index in [0.717, 1.165) is 24.2 Å². The zero-order chi connectivity index (χ0) is 13.9. The first kappa shape index (κ1) is 14.8. The van der Waals surface area contributed by atoms with Gasteiger partial charge < -0.3 is 5.32 Å². The number of nitrogens with one attached hydrogen (secondary N) is 1. The maximum absolute atomic E-state index is 3.64. The van der Waals surface area contributed by atoms with E-state index in [9.17, 15) is 0 Å². The van der Waals surface area contributed by atoms with Crippen molar-refractivity contribution in [3.63, 3.8) is 0 Å². The molecule has 0 aromatic carbocycles. The van der Waals surface area contributed by atoms with Crippen LogP contribution in [-0.4, -0.2) is 61.2 Å². The molecule has 1 N–H and O–H groups in total. The standard InChI is InChI=1S/C17H33N3/c1-18-16-7-5-3-4-6-8-17(16)20-12-11-14-9-10-15(13-20)19(14)2/h14-18H,3-13H2,1-2H3. The van der Waals surface area contributed by atoms with Crippen molar-refractivity contribution in [2.75, 3.05) is 27.2 Å². The zero-order valence-electron chi connectivity index (χ0n) is 13.5. The monoisotopic (exact) mass is 279 g/mol. The van der Waals surface area contributed by atoms with Crippen molar-refractivity contribution in [3.8, 4) is 0 Å². The molecule has 0 spiro atoms. The van der Waals surface area contributed by atoms with E-state index in [4.69, 9.17) is 0 Å². The molecule has 0 aromatic heterocycles. The molecule has 0 amide bonds. The largest absolute Gasteiger partial charge is 0.315 e. The lowest BCUT2D eigenvalue weighted by atomic mass is 9.90. The van der Waals surface area contributed by atoms with Gasteiger partial charge in [-0.1, -0.05) is 25.7 Å². The highest BCUT2D eigenvalue weighted by molar-refractivity contribution is 4.95. The lowest BCUT2D eigenvalue weighted by Crippen LogP contribution is -2.52. The molecule has 116 valence electrons. The number of nitrogens with zero attached hydrogens (tertiary/aromatic N) is 2. The topological polar surface area (TPSA) is 18.5 Å². The maximum Gasteiger partial charge on any atom is 0.0249 e. The average Bonchev–Trinajstić information content (AvgIpc) is 2.65. The Morgan fingerprint density at radius 1 is 0.850 bits per heavy atom. The van der Waals surface area contributed by atoms with Gasteiger partial charge in [-0.2, -0.15) is 0 Å². The Balaban J connectivity index is 1.68. The Bertz CT molecular complexity index is 307. The summed E-state index contributed by atoms with van der Waals surface area (Å²) in [5, 5.41) is 3.64. The highest BCUT2D eigenvalue weighted by Crippen LogP contribution is 2.31. The van der Waals surface area contributed by atoms with E-state index < -0.39 is 0 Å². The molecular weight excluding hydrogens is 246 g/mol. The van der Waals surface area contributed by atoms with Gasteiger partial charge in [0.15, 0.2) is 0 Å². The summed E-state index contributed by atoms with van der Waals surface area (Å²) in [5.74, 6) is 0. The van der Waals surface area contributed by atoms with Gasteiger partial charge in [-0.15, -0.1) is 0 Å². The molecule has 4 atom stereocenters. The quantitative estimate of drug-likeness (QED) is 0.838. The molecule has 3 rings (SSSR count). The van der Waals surface area contributed by atoms with Crippen LogP contribution < -0.4 is 5.32 Å². The van der Waals surface area contributed by atoms with Gasteiger partial charge in [-0.3, -0.25) is 9.80 Å². The van der Waals surface area contributed by atoms with Crippen molar-refractivity contribution in [2.45, 2.75) is 82.0 Å². The molecule has 3 fully saturated rings. The zero-order valence-corrected chi connectivity index (χ0v) is 13.5. The fraction of sp³-hybridized carbons (Fsp3) is 1.00. The van der Waals surface area contributed by atoms with Crippen molar-refractivity contribution in [2.24, 2.45) is 0 Å². The van der Waals surface area contributed by atoms with E-state index in [2.05, 4.69) is 29.2 Å². The van der Waals surface area contributed by atoms with Crippen molar-refractivity contribution in [3.05, 3.63) is 0 Å². The second kappa shape index (κ2) is 6.76. The van der Waals surface area contributed by atoms with E-state index in [1.807, 2.05) is 0 Å². The Morgan fingerprint density at radius 3 is 2.40 bits per heavy atom. The van der Waals surface area contributed by atoms with Crippen molar-refractivity contribution < 1.29 is 0 Å². The van der Waals surface area contributed by atoms with Crippen LogP contribution in [0.2, 0.25) is 0 Å². The molecule has 3 nitrogen and oxygen atoms in total. The highest BCUT2D eigenvalue weighted by atomic mass is 15.3. The van der Waals surface area contributed by atoms with Gasteiger partial charge in [0.1, 0.15) is 0 Å². The van der Waals surface area contributed by atoms with E-state index in [1.165, 1.54) is 70.9 Å². The van der Waals surface area contributed by atoms with E-state index in [0.29, 0.717) is 0 Å². The normalized spacial score (nSPS) is 41.1. The molecule has 1 aliphatic carbocycles. The van der Waals surface area contributed by atoms with Crippen LogP contribution in [0, 0.1) is 0 Å². The minimum atomic E-state index is 0.720. The Hall–Kier alpha value is -0.120. The van der Waals surface area contributed by atoms with Crippen molar-refractivity contribution >= 4 is 0 Å². The van der Waals surface area contributed by atoms with Crippen LogP contribution in [-0.2, 0) is 0 Å². The summed E-state index contributed by atoms with van der Waals surface area (Å²) >= 11 is 0. The minimum absolute atomic E-state index is 0.720. The van der Waals surface area contributed by atoms with E-state index in [1.54, 1.807) is 0 Å². The summed E-state index contributed by atoms with van der Waals surface area (Å²) in [6.07, 6.45) is 12.8. The van der Waals surface area contributed by atoms with Crippen LogP contribution in [0.25, 0.3) is 0 Å². The third kappa shape index (κ3) is 3.05. The van der Waals surface area contributed by atoms with Gasteiger partial charge >= 0.3 is 0 Å². The molecule has 3 heteroatoms. The van der Waals surface area contributed by atoms with Crippen LogP contribution in [0.4, 0.5) is 0 Å². The summed E-state index contributed by atoms with van der Waals surface area (Å²) in [6, 6.07) is 3.20. The molecule has 20 heavy (non-hydrogen) atoms. The Morgan fingerprint density at radius 2 is 1.60 bits per heavy atom.